The summed E-state index contributed by atoms with van der Waals surface area (Å²) in [6.07, 6.45) is 2.76. The SMILES string of the molecule is CN1CCC(O)(C2CCN3Cc4ccccc4N=C23)CC1. The molecule has 0 spiro atoms. The van der Waals surface area contributed by atoms with Crippen LogP contribution in [-0.2, 0) is 6.54 Å². The number of para-hydroxylation sites is 1. The molecule has 0 amide bonds. The molecule has 112 valence electrons. The number of hydrogen-bond donors (Lipinski definition) is 1. The van der Waals surface area contributed by atoms with Crippen molar-refractivity contribution in [2.75, 3.05) is 26.7 Å². The summed E-state index contributed by atoms with van der Waals surface area (Å²) >= 11 is 0. The summed E-state index contributed by atoms with van der Waals surface area (Å²) in [4.78, 5) is 9.57. The van der Waals surface area contributed by atoms with E-state index in [1.54, 1.807) is 0 Å². The maximum atomic E-state index is 11.1. The van der Waals surface area contributed by atoms with E-state index in [0.29, 0.717) is 0 Å². The molecule has 1 N–H and O–H groups in total. The third kappa shape index (κ3) is 2.17. The van der Waals surface area contributed by atoms with E-state index in [0.717, 1.165) is 57.0 Å². The predicted octanol–water partition coefficient (Wildman–Crippen LogP) is 2.01. The fourth-order valence-electron chi connectivity index (χ4n) is 4.00. The van der Waals surface area contributed by atoms with Crippen molar-refractivity contribution in [3.63, 3.8) is 0 Å². The number of fused-ring (bicyclic) bond motifs is 2. The topological polar surface area (TPSA) is 39.1 Å². The van der Waals surface area contributed by atoms with Gasteiger partial charge in [-0.25, -0.2) is 4.99 Å². The zero-order valence-corrected chi connectivity index (χ0v) is 12.6. The number of likely N-dealkylation sites (tertiary alicyclic amines) is 1. The number of benzene rings is 1. The van der Waals surface area contributed by atoms with Gasteiger partial charge in [-0.3, -0.25) is 0 Å². The lowest BCUT2D eigenvalue weighted by atomic mass is 9.78. The van der Waals surface area contributed by atoms with E-state index < -0.39 is 5.60 Å². The second kappa shape index (κ2) is 4.82. The zero-order valence-electron chi connectivity index (χ0n) is 12.6. The molecule has 3 aliphatic heterocycles. The quantitative estimate of drug-likeness (QED) is 0.858. The Morgan fingerprint density at radius 2 is 1.95 bits per heavy atom. The minimum atomic E-state index is -0.563. The van der Waals surface area contributed by atoms with Crippen LogP contribution >= 0.6 is 0 Å². The lowest BCUT2D eigenvalue weighted by Crippen LogP contribution is -2.50. The molecule has 0 aliphatic carbocycles. The van der Waals surface area contributed by atoms with Crippen molar-refractivity contribution in [3.8, 4) is 0 Å². The minimum Gasteiger partial charge on any atom is -0.389 e. The van der Waals surface area contributed by atoms with Gasteiger partial charge in [0.1, 0.15) is 5.84 Å². The van der Waals surface area contributed by atoms with E-state index in [2.05, 4.69) is 35.0 Å². The van der Waals surface area contributed by atoms with Gasteiger partial charge in [0.2, 0.25) is 0 Å². The first-order valence-corrected chi connectivity index (χ1v) is 7.98. The Balaban J connectivity index is 1.65. The van der Waals surface area contributed by atoms with Crippen LogP contribution in [0, 0.1) is 5.92 Å². The Hall–Kier alpha value is -1.39. The summed E-state index contributed by atoms with van der Waals surface area (Å²) in [5, 5.41) is 11.1. The van der Waals surface area contributed by atoms with Gasteiger partial charge in [-0.1, -0.05) is 18.2 Å². The molecule has 1 unspecified atom stereocenters. The molecule has 4 rings (SSSR count). The molecule has 2 saturated heterocycles. The largest absolute Gasteiger partial charge is 0.389 e. The van der Waals surface area contributed by atoms with E-state index in [1.165, 1.54) is 5.56 Å². The second-order valence-corrected chi connectivity index (χ2v) is 6.77. The van der Waals surface area contributed by atoms with E-state index in [9.17, 15) is 5.11 Å². The highest BCUT2D eigenvalue weighted by atomic mass is 16.3. The van der Waals surface area contributed by atoms with Crippen molar-refractivity contribution in [3.05, 3.63) is 29.8 Å². The normalized spacial score (nSPS) is 28.0. The first-order valence-electron chi connectivity index (χ1n) is 7.98. The van der Waals surface area contributed by atoms with E-state index >= 15 is 0 Å². The van der Waals surface area contributed by atoms with E-state index in [1.807, 2.05) is 6.07 Å². The smallest absolute Gasteiger partial charge is 0.111 e. The molecular weight excluding hydrogens is 262 g/mol. The Bertz CT molecular complexity index is 575. The van der Waals surface area contributed by atoms with Gasteiger partial charge in [0.25, 0.3) is 0 Å². The average molecular weight is 285 g/mol. The van der Waals surface area contributed by atoms with Crippen LogP contribution in [0.1, 0.15) is 24.8 Å². The van der Waals surface area contributed by atoms with Gasteiger partial charge in [-0.2, -0.15) is 0 Å². The van der Waals surface area contributed by atoms with Crippen molar-refractivity contribution < 1.29 is 5.11 Å². The van der Waals surface area contributed by atoms with Crippen molar-refractivity contribution in [1.82, 2.24) is 9.80 Å². The second-order valence-electron chi connectivity index (χ2n) is 6.77. The van der Waals surface area contributed by atoms with Crippen LogP contribution in [0.4, 0.5) is 5.69 Å². The predicted molar refractivity (Wildman–Crippen MR) is 83.7 cm³/mol. The first kappa shape index (κ1) is 13.3. The lowest BCUT2D eigenvalue weighted by Gasteiger charge is -2.41. The molecule has 1 aromatic carbocycles. The fourth-order valence-corrected chi connectivity index (χ4v) is 4.00. The van der Waals surface area contributed by atoms with Crippen LogP contribution in [0.25, 0.3) is 0 Å². The highest BCUT2D eigenvalue weighted by molar-refractivity contribution is 5.91. The van der Waals surface area contributed by atoms with Crippen molar-refractivity contribution in [1.29, 1.82) is 0 Å². The molecule has 0 saturated carbocycles. The maximum Gasteiger partial charge on any atom is 0.111 e. The summed E-state index contributed by atoms with van der Waals surface area (Å²) in [7, 11) is 2.13. The van der Waals surface area contributed by atoms with Crippen LogP contribution in [0.3, 0.4) is 0 Å². The molecule has 21 heavy (non-hydrogen) atoms. The highest BCUT2D eigenvalue weighted by Crippen LogP contribution is 2.40. The van der Waals surface area contributed by atoms with Gasteiger partial charge in [-0.05, 0) is 37.9 Å². The van der Waals surface area contributed by atoms with Gasteiger partial charge in [0.15, 0.2) is 0 Å². The average Bonchev–Trinajstić information content (AvgIpc) is 2.91. The molecule has 0 radical (unpaired) electrons. The Morgan fingerprint density at radius 1 is 1.19 bits per heavy atom. The summed E-state index contributed by atoms with van der Waals surface area (Å²) in [6.45, 7) is 3.94. The Labute approximate surface area is 126 Å². The molecule has 3 aliphatic rings. The minimum absolute atomic E-state index is 0.208. The highest BCUT2D eigenvalue weighted by Gasteiger charge is 2.46. The van der Waals surface area contributed by atoms with Gasteiger partial charge in [0.05, 0.1) is 11.3 Å². The van der Waals surface area contributed by atoms with Crippen molar-refractivity contribution >= 4 is 11.5 Å². The van der Waals surface area contributed by atoms with Crippen molar-refractivity contribution in [2.45, 2.75) is 31.4 Å². The number of amidine groups is 1. The molecule has 4 heteroatoms. The zero-order chi connectivity index (χ0) is 14.4. The number of aliphatic hydroxyl groups is 1. The van der Waals surface area contributed by atoms with Gasteiger partial charge in [-0.15, -0.1) is 0 Å². The Kier molecular flexibility index (Phi) is 3.05. The molecule has 2 fully saturated rings. The van der Waals surface area contributed by atoms with Crippen LogP contribution in [0.5, 0.6) is 0 Å². The third-order valence-electron chi connectivity index (χ3n) is 5.41. The van der Waals surface area contributed by atoms with Crippen LogP contribution in [-0.4, -0.2) is 53.0 Å². The molecule has 0 aromatic heterocycles. The molecular formula is C17H23N3O. The first-order chi connectivity index (χ1) is 10.2. The summed E-state index contributed by atoms with van der Waals surface area (Å²) in [5.41, 5.74) is 1.83. The Morgan fingerprint density at radius 3 is 2.76 bits per heavy atom. The standard InChI is InChI=1S/C17H23N3O/c1-19-10-7-17(21,8-11-19)14-6-9-20-12-13-4-2-3-5-15(13)18-16(14)20/h2-5,14,21H,6-12H2,1H3. The number of piperidine rings is 1. The van der Waals surface area contributed by atoms with E-state index in [-0.39, 0.29) is 5.92 Å². The summed E-state index contributed by atoms with van der Waals surface area (Å²) in [5.74, 6) is 1.33. The summed E-state index contributed by atoms with van der Waals surface area (Å²) < 4.78 is 0. The monoisotopic (exact) mass is 285 g/mol. The number of hydrogen-bond acceptors (Lipinski definition) is 4. The van der Waals surface area contributed by atoms with Crippen LogP contribution in [0.2, 0.25) is 0 Å². The van der Waals surface area contributed by atoms with Gasteiger partial charge >= 0.3 is 0 Å². The van der Waals surface area contributed by atoms with Gasteiger partial charge in [0, 0.05) is 32.1 Å². The van der Waals surface area contributed by atoms with Gasteiger partial charge < -0.3 is 14.9 Å². The number of rotatable bonds is 1. The fraction of sp³-hybridized carbons (Fsp3) is 0.588. The maximum absolute atomic E-state index is 11.1. The molecule has 3 heterocycles. The molecule has 1 aromatic rings. The molecule has 4 nitrogen and oxygen atoms in total. The third-order valence-corrected chi connectivity index (χ3v) is 5.41. The van der Waals surface area contributed by atoms with Crippen molar-refractivity contribution in [2.24, 2.45) is 10.9 Å². The molecule has 0 bridgehead atoms. The lowest BCUT2D eigenvalue weighted by molar-refractivity contribution is -0.0419. The molecule has 1 atom stereocenters. The van der Waals surface area contributed by atoms with E-state index in [4.69, 9.17) is 4.99 Å². The summed E-state index contributed by atoms with van der Waals surface area (Å²) in [6, 6.07) is 8.38. The van der Waals surface area contributed by atoms with Crippen LogP contribution < -0.4 is 0 Å². The van der Waals surface area contributed by atoms with Crippen LogP contribution in [0.15, 0.2) is 29.3 Å². The number of aliphatic imine (C=N–C) groups is 1. The number of nitrogens with zero attached hydrogens (tertiary/aromatic N) is 3.